The summed E-state index contributed by atoms with van der Waals surface area (Å²) in [5, 5.41) is 0.499. The van der Waals surface area contributed by atoms with E-state index in [4.69, 9.17) is 9.15 Å². The highest BCUT2D eigenvalue weighted by Crippen LogP contribution is 2.38. The van der Waals surface area contributed by atoms with Gasteiger partial charge in [0, 0.05) is 30.7 Å². The lowest BCUT2D eigenvalue weighted by atomic mass is 9.98. The van der Waals surface area contributed by atoms with E-state index < -0.39 is 6.04 Å². The van der Waals surface area contributed by atoms with Crippen LogP contribution in [0.5, 0.6) is 0 Å². The number of hydrogen-bond donors (Lipinski definition) is 0. The van der Waals surface area contributed by atoms with Crippen molar-refractivity contribution < 1.29 is 13.9 Å². The second-order valence-corrected chi connectivity index (χ2v) is 8.50. The van der Waals surface area contributed by atoms with Crippen LogP contribution in [0.1, 0.15) is 27.7 Å². The van der Waals surface area contributed by atoms with Crippen molar-refractivity contribution in [2.45, 2.75) is 6.04 Å². The second kappa shape index (κ2) is 7.98. The highest BCUT2D eigenvalue weighted by molar-refractivity contribution is 9.10. The Bertz CT molecular complexity index is 1170. The van der Waals surface area contributed by atoms with Crippen molar-refractivity contribution in [2.75, 3.05) is 39.4 Å². The molecule has 0 aliphatic carbocycles. The molecule has 1 aromatic heterocycles. The summed E-state index contributed by atoms with van der Waals surface area (Å²) in [5.41, 5.74) is 1.62. The Morgan fingerprint density at radius 3 is 2.60 bits per heavy atom. The average molecular weight is 469 g/mol. The summed E-state index contributed by atoms with van der Waals surface area (Å²) in [4.78, 5) is 30.8. The third-order valence-corrected chi connectivity index (χ3v) is 6.29. The molecule has 2 aromatic carbocycles. The molecule has 2 aliphatic heterocycles. The summed E-state index contributed by atoms with van der Waals surface area (Å²) in [7, 11) is 0. The van der Waals surface area contributed by atoms with Gasteiger partial charge >= 0.3 is 0 Å². The molecule has 3 aromatic rings. The zero-order valence-corrected chi connectivity index (χ0v) is 17.9. The van der Waals surface area contributed by atoms with Gasteiger partial charge in [-0.25, -0.2) is 0 Å². The third kappa shape index (κ3) is 3.37. The number of hydrogen-bond acceptors (Lipinski definition) is 5. The maximum Gasteiger partial charge on any atom is 0.290 e. The zero-order valence-electron chi connectivity index (χ0n) is 16.3. The minimum absolute atomic E-state index is 0.140. The monoisotopic (exact) mass is 468 g/mol. The summed E-state index contributed by atoms with van der Waals surface area (Å²) in [6, 6.07) is 14.4. The molecule has 0 radical (unpaired) electrons. The van der Waals surface area contributed by atoms with Crippen LogP contribution in [0.3, 0.4) is 0 Å². The first kappa shape index (κ1) is 19.5. The van der Waals surface area contributed by atoms with Crippen molar-refractivity contribution in [1.29, 1.82) is 0 Å². The summed E-state index contributed by atoms with van der Waals surface area (Å²) in [6.45, 7) is 4.33. The molecular formula is C23H21BrN2O4. The molecule has 0 bridgehead atoms. The summed E-state index contributed by atoms with van der Waals surface area (Å²) in [5.74, 6) is -0.0725. The molecule has 5 rings (SSSR count). The number of para-hydroxylation sites is 1. The van der Waals surface area contributed by atoms with Gasteiger partial charge in [-0.2, -0.15) is 0 Å². The van der Waals surface area contributed by atoms with Crippen LogP contribution in [0.15, 0.2) is 62.2 Å². The number of benzene rings is 2. The normalized spacial score (nSPS) is 19.4. The fourth-order valence-corrected chi connectivity index (χ4v) is 4.71. The van der Waals surface area contributed by atoms with Crippen LogP contribution in [0.25, 0.3) is 11.0 Å². The molecule has 1 fully saturated rings. The Balaban J connectivity index is 1.60. The fraction of sp³-hybridized carbons (Fsp3) is 0.304. The Hall–Kier alpha value is -2.48. The largest absolute Gasteiger partial charge is 0.450 e. The van der Waals surface area contributed by atoms with Gasteiger partial charge in [-0.3, -0.25) is 14.5 Å². The molecule has 3 heterocycles. The van der Waals surface area contributed by atoms with Crippen LogP contribution in [0, 0.1) is 0 Å². The van der Waals surface area contributed by atoms with Crippen molar-refractivity contribution in [3.8, 4) is 0 Å². The number of carbonyl (C=O) groups is 1. The van der Waals surface area contributed by atoms with Crippen molar-refractivity contribution in [1.82, 2.24) is 9.80 Å². The standard InChI is InChI=1S/C23H21BrN2O4/c24-16-5-3-4-15(14-16)20-19-21(27)17-6-1-2-7-18(17)30-22(19)23(28)26(20)9-8-25-10-12-29-13-11-25/h1-7,14,20H,8-13H2/t20-/m1/s1. The molecule has 1 amide bonds. The third-order valence-electron chi connectivity index (χ3n) is 5.80. The zero-order chi connectivity index (χ0) is 20.7. The summed E-state index contributed by atoms with van der Waals surface area (Å²) in [6.07, 6.45) is 0. The van der Waals surface area contributed by atoms with Gasteiger partial charge in [0.1, 0.15) is 5.58 Å². The lowest BCUT2D eigenvalue weighted by molar-refractivity contribution is 0.0314. The van der Waals surface area contributed by atoms with E-state index in [1.54, 1.807) is 23.1 Å². The fourth-order valence-electron chi connectivity index (χ4n) is 4.29. The van der Waals surface area contributed by atoms with Crippen LogP contribution in [0.4, 0.5) is 0 Å². The Labute approximate surface area is 182 Å². The number of halogens is 1. The quantitative estimate of drug-likeness (QED) is 0.586. The first-order valence-electron chi connectivity index (χ1n) is 10.1. The molecule has 30 heavy (non-hydrogen) atoms. The van der Waals surface area contributed by atoms with Gasteiger partial charge in [-0.1, -0.05) is 40.2 Å². The van der Waals surface area contributed by atoms with Gasteiger partial charge in [0.15, 0.2) is 5.43 Å². The SMILES string of the molecule is O=C1c2oc3ccccc3c(=O)c2[C@@H](c2cccc(Br)c2)N1CCN1CCOCC1. The first-order valence-corrected chi connectivity index (χ1v) is 10.8. The molecule has 0 N–H and O–H groups in total. The molecule has 1 saturated heterocycles. The number of amides is 1. The lowest BCUT2D eigenvalue weighted by Crippen LogP contribution is -2.42. The number of morpholine rings is 1. The minimum atomic E-state index is -0.466. The molecule has 154 valence electrons. The van der Waals surface area contributed by atoms with Gasteiger partial charge in [-0.15, -0.1) is 0 Å². The first-order chi connectivity index (χ1) is 14.6. The molecule has 1 atom stereocenters. The van der Waals surface area contributed by atoms with Crippen molar-refractivity contribution >= 4 is 32.8 Å². The van der Waals surface area contributed by atoms with E-state index in [-0.39, 0.29) is 17.1 Å². The number of nitrogens with zero attached hydrogens (tertiary/aromatic N) is 2. The van der Waals surface area contributed by atoms with Crippen LogP contribution in [-0.4, -0.2) is 55.1 Å². The van der Waals surface area contributed by atoms with Crippen LogP contribution in [0.2, 0.25) is 0 Å². The number of fused-ring (bicyclic) bond motifs is 2. The van der Waals surface area contributed by atoms with Gasteiger partial charge in [0.05, 0.1) is 30.2 Å². The average Bonchev–Trinajstić information content (AvgIpc) is 3.05. The molecule has 6 nitrogen and oxygen atoms in total. The van der Waals surface area contributed by atoms with E-state index >= 15 is 0 Å². The van der Waals surface area contributed by atoms with Gasteiger partial charge in [-0.05, 0) is 29.8 Å². The van der Waals surface area contributed by atoms with Crippen LogP contribution in [-0.2, 0) is 4.74 Å². The topological polar surface area (TPSA) is 63.0 Å². The summed E-state index contributed by atoms with van der Waals surface area (Å²) >= 11 is 3.52. The maximum absolute atomic E-state index is 13.4. The van der Waals surface area contributed by atoms with Gasteiger partial charge in [0.25, 0.3) is 5.91 Å². The highest BCUT2D eigenvalue weighted by atomic mass is 79.9. The number of rotatable bonds is 4. The number of carbonyl (C=O) groups excluding carboxylic acids is 1. The second-order valence-electron chi connectivity index (χ2n) is 7.58. The van der Waals surface area contributed by atoms with Gasteiger partial charge < -0.3 is 14.1 Å². The van der Waals surface area contributed by atoms with Crippen LogP contribution >= 0.6 is 15.9 Å². The van der Waals surface area contributed by atoms with Crippen molar-refractivity contribution in [2.24, 2.45) is 0 Å². The van der Waals surface area contributed by atoms with E-state index in [0.29, 0.717) is 36.3 Å². The molecule has 0 saturated carbocycles. The van der Waals surface area contributed by atoms with Gasteiger partial charge in [0.2, 0.25) is 5.76 Å². The van der Waals surface area contributed by atoms with Crippen molar-refractivity contribution in [3.63, 3.8) is 0 Å². The Morgan fingerprint density at radius 1 is 1.00 bits per heavy atom. The van der Waals surface area contributed by atoms with E-state index in [1.165, 1.54) is 0 Å². The van der Waals surface area contributed by atoms with E-state index in [9.17, 15) is 9.59 Å². The minimum Gasteiger partial charge on any atom is -0.450 e. The molecule has 0 spiro atoms. The van der Waals surface area contributed by atoms with Crippen molar-refractivity contribution in [3.05, 3.63) is 80.1 Å². The predicted molar refractivity (Wildman–Crippen MR) is 117 cm³/mol. The Morgan fingerprint density at radius 2 is 1.80 bits per heavy atom. The predicted octanol–water partition coefficient (Wildman–Crippen LogP) is 3.43. The molecule has 0 unspecified atom stereocenters. The van der Waals surface area contributed by atoms with E-state index in [2.05, 4.69) is 20.8 Å². The molecule has 7 heteroatoms. The van der Waals surface area contributed by atoms with Crippen LogP contribution < -0.4 is 5.43 Å². The lowest BCUT2D eigenvalue weighted by Gasteiger charge is -2.31. The highest BCUT2D eigenvalue weighted by Gasteiger charge is 2.42. The molecule has 2 aliphatic rings. The summed E-state index contributed by atoms with van der Waals surface area (Å²) < 4.78 is 12.3. The maximum atomic E-state index is 13.4. The van der Waals surface area contributed by atoms with E-state index in [0.717, 1.165) is 29.7 Å². The number of ether oxygens (including phenoxy) is 1. The van der Waals surface area contributed by atoms with E-state index in [1.807, 2.05) is 30.3 Å². The Kier molecular flexibility index (Phi) is 5.18. The molecular weight excluding hydrogens is 448 g/mol. The smallest absolute Gasteiger partial charge is 0.290 e.